The van der Waals surface area contributed by atoms with Crippen LogP contribution in [0.25, 0.3) is 0 Å². The van der Waals surface area contributed by atoms with Crippen LogP contribution >= 0.6 is 11.6 Å². The predicted molar refractivity (Wildman–Crippen MR) is 68.2 cm³/mol. The Balaban J connectivity index is 2.16. The first-order chi connectivity index (χ1) is 8.53. The highest BCUT2D eigenvalue weighted by atomic mass is 35.5. The zero-order valence-electron chi connectivity index (χ0n) is 10.1. The van der Waals surface area contributed by atoms with Gasteiger partial charge >= 0.3 is 0 Å². The van der Waals surface area contributed by atoms with Crippen molar-refractivity contribution in [2.45, 2.75) is 44.1 Å². The van der Waals surface area contributed by atoms with E-state index < -0.39 is 11.4 Å². The molecule has 1 aliphatic carbocycles. The molecule has 98 valence electrons. The number of rotatable bonds is 3. The van der Waals surface area contributed by atoms with Crippen LogP contribution in [0.1, 0.15) is 37.7 Å². The first-order valence-electron chi connectivity index (χ1n) is 6.21. The van der Waals surface area contributed by atoms with Crippen molar-refractivity contribution in [1.82, 2.24) is 0 Å². The molecule has 0 aliphatic heterocycles. The van der Waals surface area contributed by atoms with Crippen LogP contribution in [0.4, 0.5) is 4.39 Å². The largest absolute Gasteiger partial charge is 0.382 e. The van der Waals surface area contributed by atoms with Gasteiger partial charge in [-0.2, -0.15) is 0 Å². The maximum Gasteiger partial charge on any atom is 0.168 e. The van der Waals surface area contributed by atoms with E-state index >= 15 is 0 Å². The van der Waals surface area contributed by atoms with Gasteiger partial charge in [0, 0.05) is 17.0 Å². The lowest BCUT2D eigenvalue weighted by molar-refractivity contribution is -0.139. The molecule has 1 fully saturated rings. The van der Waals surface area contributed by atoms with E-state index in [4.69, 9.17) is 11.6 Å². The van der Waals surface area contributed by atoms with Crippen LogP contribution in [0.3, 0.4) is 0 Å². The summed E-state index contributed by atoms with van der Waals surface area (Å²) in [6.07, 6.45) is 3.52. The molecule has 0 heterocycles. The zero-order valence-corrected chi connectivity index (χ0v) is 10.8. The highest BCUT2D eigenvalue weighted by Gasteiger charge is 2.37. The Hall–Kier alpha value is -0.930. The number of carbonyl (C=O) groups is 1. The van der Waals surface area contributed by atoms with Crippen LogP contribution in [0, 0.1) is 5.82 Å². The summed E-state index contributed by atoms with van der Waals surface area (Å²) in [6.45, 7) is 0. The molecule has 0 amide bonds. The van der Waals surface area contributed by atoms with Crippen molar-refractivity contribution in [1.29, 1.82) is 0 Å². The third-order valence-corrected chi connectivity index (χ3v) is 3.95. The minimum absolute atomic E-state index is 0.137. The van der Waals surface area contributed by atoms with Crippen LogP contribution in [0.5, 0.6) is 0 Å². The van der Waals surface area contributed by atoms with Crippen LogP contribution in [-0.4, -0.2) is 16.5 Å². The average Bonchev–Trinajstić information content (AvgIpc) is 2.34. The first-order valence-corrected chi connectivity index (χ1v) is 6.59. The van der Waals surface area contributed by atoms with Gasteiger partial charge in [-0.3, -0.25) is 4.79 Å². The maximum atomic E-state index is 13.6. The van der Waals surface area contributed by atoms with Crippen molar-refractivity contribution < 1.29 is 14.3 Å². The normalized spacial score (nSPS) is 18.6. The standard InChI is InChI=1S/C14H16ClFO2/c15-11-5-4-6-12(16)10(11)9-13(17)14(18)7-2-1-3-8-14/h4-6,18H,1-3,7-9H2. The molecule has 0 aromatic heterocycles. The van der Waals surface area contributed by atoms with Gasteiger partial charge in [-0.1, -0.05) is 36.9 Å². The Bertz CT molecular complexity index is 433. The molecule has 0 spiro atoms. The fourth-order valence-electron chi connectivity index (χ4n) is 2.44. The summed E-state index contributed by atoms with van der Waals surface area (Å²) in [5.41, 5.74) is -1.10. The molecule has 0 saturated heterocycles. The highest BCUT2D eigenvalue weighted by molar-refractivity contribution is 6.31. The molecule has 4 heteroatoms. The van der Waals surface area contributed by atoms with E-state index in [1.165, 1.54) is 12.1 Å². The SMILES string of the molecule is O=C(Cc1c(F)cccc1Cl)C1(O)CCCCC1. The van der Waals surface area contributed by atoms with E-state index in [1.54, 1.807) is 6.07 Å². The summed E-state index contributed by atoms with van der Waals surface area (Å²) >= 11 is 5.88. The average molecular weight is 271 g/mol. The smallest absolute Gasteiger partial charge is 0.168 e. The topological polar surface area (TPSA) is 37.3 Å². The van der Waals surface area contributed by atoms with E-state index in [0.717, 1.165) is 19.3 Å². The number of aliphatic hydroxyl groups is 1. The van der Waals surface area contributed by atoms with Crippen molar-refractivity contribution >= 4 is 17.4 Å². The Morgan fingerprint density at radius 1 is 1.33 bits per heavy atom. The molecule has 0 atom stereocenters. The molecule has 0 bridgehead atoms. The monoisotopic (exact) mass is 270 g/mol. The van der Waals surface area contributed by atoms with Crippen molar-refractivity contribution in [3.8, 4) is 0 Å². The second-order valence-electron chi connectivity index (χ2n) is 4.89. The number of hydrogen-bond donors (Lipinski definition) is 1. The summed E-state index contributed by atoms with van der Waals surface area (Å²) in [7, 11) is 0. The van der Waals surface area contributed by atoms with Gasteiger partial charge in [0.15, 0.2) is 5.78 Å². The quantitative estimate of drug-likeness (QED) is 0.915. The maximum absolute atomic E-state index is 13.6. The lowest BCUT2D eigenvalue weighted by Crippen LogP contribution is -2.41. The van der Waals surface area contributed by atoms with Gasteiger partial charge in [0.2, 0.25) is 0 Å². The zero-order chi connectivity index (χ0) is 13.2. The fraction of sp³-hybridized carbons (Fsp3) is 0.500. The summed E-state index contributed by atoms with van der Waals surface area (Å²) in [5, 5.41) is 10.5. The Morgan fingerprint density at radius 2 is 2.00 bits per heavy atom. The van der Waals surface area contributed by atoms with Gasteiger partial charge in [-0.15, -0.1) is 0 Å². The summed E-state index contributed by atoms with van der Waals surface area (Å²) in [4.78, 5) is 12.1. The number of benzene rings is 1. The van der Waals surface area contributed by atoms with E-state index in [0.29, 0.717) is 12.8 Å². The lowest BCUT2D eigenvalue weighted by atomic mass is 9.80. The highest BCUT2D eigenvalue weighted by Crippen LogP contribution is 2.31. The molecule has 2 rings (SSSR count). The van der Waals surface area contributed by atoms with Crippen molar-refractivity contribution in [3.63, 3.8) is 0 Å². The van der Waals surface area contributed by atoms with Crippen LogP contribution in [0.2, 0.25) is 5.02 Å². The molecule has 0 unspecified atom stereocenters. The second-order valence-corrected chi connectivity index (χ2v) is 5.30. The molecule has 0 radical (unpaired) electrons. The fourth-order valence-corrected chi connectivity index (χ4v) is 2.67. The van der Waals surface area contributed by atoms with E-state index in [9.17, 15) is 14.3 Å². The Labute approximate surface area is 111 Å². The molecule has 1 saturated carbocycles. The van der Waals surface area contributed by atoms with E-state index in [1.807, 2.05) is 0 Å². The summed E-state index contributed by atoms with van der Waals surface area (Å²) < 4.78 is 13.6. The number of Topliss-reactive ketones (excluding diaryl/α,β-unsaturated/α-hetero) is 1. The van der Waals surface area contributed by atoms with E-state index in [-0.39, 0.29) is 22.8 Å². The molecular formula is C14H16ClFO2. The molecule has 1 aliphatic rings. The van der Waals surface area contributed by atoms with Crippen molar-refractivity contribution in [2.24, 2.45) is 0 Å². The number of ketones is 1. The van der Waals surface area contributed by atoms with Crippen molar-refractivity contribution in [3.05, 3.63) is 34.6 Å². The molecular weight excluding hydrogens is 255 g/mol. The summed E-state index contributed by atoms with van der Waals surface area (Å²) in [6, 6.07) is 4.33. The first kappa shape index (κ1) is 13.5. The number of hydrogen-bond acceptors (Lipinski definition) is 2. The molecule has 18 heavy (non-hydrogen) atoms. The van der Waals surface area contributed by atoms with Gasteiger partial charge in [0.25, 0.3) is 0 Å². The van der Waals surface area contributed by atoms with Gasteiger partial charge in [-0.25, -0.2) is 4.39 Å². The van der Waals surface area contributed by atoms with Crippen LogP contribution in [0.15, 0.2) is 18.2 Å². The number of halogens is 2. The van der Waals surface area contributed by atoms with E-state index in [2.05, 4.69) is 0 Å². The minimum atomic E-state index is -1.29. The van der Waals surface area contributed by atoms with Crippen LogP contribution < -0.4 is 0 Å². The lowest BCUT2D eigenvalue weighted by Gasteiger charge is -2.30. The molecule has 1 aromatic rings. The third kappa shape index (κ3) is 2.73. The number of carbonyl (C=O) groups excluding carboxylic acids is 1. The van der Waals surface area contributed by atoms with Gasteiger partial charge in [0.05, 0.1) is 0 Å². The predicted octanol–water partition coefficient (Wildman–Crippen LogP) is 3.29. The van der Waals surface area contributed by atoms with Crippen molar-refractivity contribution in [2.75, 3.05) is 0 Å². The third-order valence-electron chi connectivity index (χ3n) is 3.60. The second kappa shape index (κ2) is 5.37. The van der Waals surface area contributed by atoms with Crippen LogP contribution in [-0.2, 0) is 11.2 Å². The minimum Gasteiger partial charge on any atom is -0.382 e. The molecule has 2 nitrogen and oxygen atoms in total. The Kier molecular flexibility index (Phi) is 4.03. The van der Waals surface area contributed by atoms with Gasteiger partial charge in [-0.05, 0) is 25.0 Å². The molecule has 1 N–H and O–H groups in total. The Morgan fingerprint density at radius 3 is 2.61 bits per heavy atom. The summed E-state index contributed by atoms with van der Waals surface area (Å²) in [5.74, 6) is -0.815. The van der Waals surface area contributed by atoms with Gasteiger partial charge in [0.1, 0.15) is 11.4 Å². The van der Waals surface area contributed by atoms with Gasteiger partial charge < -0.3 is 5.11 Å². The molecule has 1 aromatic carbocycles.